The van der Waals surface area contributed by atoms with Crippen LogP contribution in [-0.4, -0.2) is 6.21 Å². The van der Waals surface area contributed by atoms with Crippen LogP contribution in [-0.2, 0) is 0 Å². The summed E-state index contributed by atoms with van der Waals surface area (Å²) in [7, 11) is 0. The van der Waals surface area contributed by atoms with Gasteiger partial charge in [0.2, 0.25) is 0 Å². The second-order valence-corrected chi connectivity index (χ2v) is 2.79. The quantitative estimate of drug-likeness (QED) is 0.520. The normalized spacial score (nSPS) is 11.6. The fraction of sp³-hybridized carbons (Fsp3) is 0.571. The molecule has 0 rings (SSSR count). The molecule has 0 aliphatic heterocycles. The predicted octanol–water partition coefficient (Wildman–Crippen LogP) is 3.10. The third kappa shape index (κ3) is 5.77. The van der Waals surface area contributed by atoms with E-state index in [9.17, 15) is 0 Å². The first-order chi connectivity index (χ1) is 4.31. The fourth-order valence-electron chi connectivity index (χ4n) is 0.503. The average Bonchev–Trinajstić information content (AvgIpc) is 1.89. The maximum atomic E-state index is 6.80. The van der Waals surface area contributed by atoms with Crippen LogP contribution in [0.1, 0.15) is 26.2 Å². The first kappa shape index (κ1) is 8.89. The van der Waals surface area contributed by atoms with Gasteiger partial charge in [-0.1, -0.05) is 25.8 Å². The Kier molecular flexibility index (Phi) is 5.94. The van der Waals surface area contributed by atoms with Gasteiger partial charge in [0.1, 0.15) is 0 Å². The second kappa shape index (κ2) is 6.02. The zero-order valence-electron chi connectivity index (χ0n) is 5.65. The van der Waals surface area contributed by atoms with Crippen molar-refractivity contribution in [3.63, 3.8) is 0 Å². The van der Waals surface area contributed by atoms with Crippen LogP contribution in [0.5, 0.6) is 0 Å². The molecule has 9 heavy (non-hydrogen) atoms. The number of hydrogen-bond donors (Lipinski definition) is 1. The topological polar surface area (TPSA) is 23.9 Å². The molecule has 0 radical (unpaired) electrons. The van der Waals surface area contributed by atoms with Gasteiger partial charge >= 0.3 is 0 Å². The van der Waals surface area contributed by atoms with E-state index in [1.54, 1.807) is 0 Å². The Labute approximate surface area is 64.8 Å². The Hall–Kier alpha value is -0.110. The highest BCUT2D eigenvalue weighted by Crippen LogP contribution is 2.04. The Balaban J connectivity index is 3.31. The molecule has 0 fully saturated rings. The molecule has 0 bridgehead atoms. The molecule has 0 heterocycles. The van der Waals surface area contributed by atoms with Crippen molar-refractivity contribution in [2.24, 2.45) is 0 Å². The highest BCUT2D eigenvalue weighted by Gasteiger charge is 1.82. The molecule has 1 nitrogen and oxygen atoms in total. The maximum absolute atomic E-state index is 6.80. The van der Waals surface area contributed by atoms with Gasteiger partial charge in [0.25, 0.3) is 0 Å². The van der Waals surface area contributed by atoms with Crippen molar-refractivity contribution < 1.29 is 0 Å². The molecule has 0 amide bonds. The molecule has 0 saturated heterocycles. The van der Waals surface area contributed by atoms with Crippen LogP contribution < -0.4 is 0 Å². The molecule has 0 spiro atoms. The van der Waals surface area contributed by atoms with Crippen LogP contribution >= 0.6 is 15.9 Å². The van der Waals surface area contributed by atoms with E-state index < -0.39 is 0 Å². The molecule has 0 aliphatic rings. The molecule has 0 atom stereocenters. The first-order valence-corrected chi connectivity index (χ1v) is 3.96. The SMILES string of the molecule is CCCC/C=C(\Br)C=N. The van der Waals surface area contributed by atoms with Gasteiger partial charge in [0.05, 0.1) is 0 Å². The summed E-state index contributed by atoms with van der Waals surface area (Å²) in [5.41, 5.74) is 0. The van der Waals surface area contributed by atoms with Gasteiger partial charge < -0.3 is 5.41 Å². The van der Waals surface area contributed by atoms with Gasteiger partial charge in [-0.05, 0) is 22.4 Å². The van der Waals surface area contributed by atoms with Gasteiger partial charge in [-0.3, -0.25) is 0 Å². The van der Waals surface area contributed by atoms with Crippen molar-refractivity contribution in [3.05, 3.63) is 10.6 Å². The number of allylic oxidation sites excluding steroid dienone is 2. The summed E-state index contributed by atoms with van der Waals surface area (Å²) in [6, 6.07) is 0. The average molecular weight is 190 g/mol. The summed E-state index contributed by atoms with van der Waals surface area (Å²) >= 11 is 3.23. The second-order valence-electron chi connectivity index (χ2n) is 1.88. The summed E-state index contributed by atoms with van der Waals surface area (Å²) in [5.74, 6) is 0. The largest absolute Gasteiger partial charge is 0.308 e. The first-order valence-electron chi connectivity index (χ1n) is 3.17. The van der Waals surface area contributed by atoms with E-state index in [2.05, 4.69) is 22.9 Å². The molecular formula is C7H12BrN. The third-order valence-corrected chi connectivity index (χ3v) is 1.59. The van der Waals surface area contributed by atoms with Crippen LogP contribution in [0, 0.1) is 5.41 Å². The number of rotatable bonds is 4. The molecule has 2 heteroatoms. The number of halogens is 1. The van der Waals surface area contributed by atoms with Crippen LogP contribution in [0.25, 0.3) is 0 Å². The minimum atomic E-state index is 0.885. The number of nitrogens with one attached hydrogen (secondary N) is 1. The molecule has 1 N–H and O–H groups in total. The molecule has 52 valence electrons. The summed E-state index contributed by atoms with van der Waals surface area (Å²) in [6.07, 6.45) is 6.84. The van der Waals surface area contributed by atoms with Gasteiger partial charge in [0.15, 0.2) is 0 Å². The van der Waals surface area contributed by atoms with Crippen LogP contribution in [0.2, 0.25) is 0 Å². The third-order valence-electron chi connectivity index (χ3n) is 1.03. The van der Waals surface area contributed by atoms with E-state index >= 15 is 0 Å². The number of unbranched alkanes of at least 4 members (excludes halogenated alkanes) is 2. The van der Waals surface area contributed by atoms with E-state index in [1.165, 1.54) is 19.1 Å². The van der Waals surface area contributed by atoms with Crippen molar-refractivity contribution in [1.82, 2.24) is 0 Å². The fourth-order valence-corrected chi connectivity index (χ4v) is 0.732. The Bertz CT molecular complexity index is 107. The number of hydrogen-bond acceptors (Lipinski definition) is 1. The molecule has 0 aromatic rings. The van der Waals surface area contributed by atoms with Crippen LogP contribution in [0.3, 0.4) is 0 Å². The predicted molar refractivity (Wildman–Crippen MR) is 45.3 cm³/mol. The minimum absolute atomic E-state index is 0.885. The Morgan fingerprint density at radius 2 is 2.33 bits per heavy atom. The smallest absolute Gasteiger partial charge is 0.0316 e. The zero-order chi connectivity index (χ0) is 7.11. The summed E-state index contributed by atoms with van der Waals surface area (Å²) in [6.45, 7) is 2.16. The lowest BCUT2D eigenvalue weighted by Gasteiger charge is -1.88. The minimum Gasteiger partial charge on any atom is -0.308 e. The zero-order valence-corrected chi connectivity index (χ0v) is 7.24. The summed E-state index contributed by atoms with van der Waals surface area (Å²) in [5, 5.41) is 6.80. The maximum Gasteiger partial charge on any atom is 0.0316 e. The molecule has 0 aliphatic carbocycles. The van der Waals surface area contributed by atoms with E-state index in [0.717, 1.165) is 10.9 Å². The monoisotopic (exact) mass is 189 g/mol. The van der Waals surface area contributed by atoms with Crippen molar-refractivity contribution in [2.75, 3.05) is 0 Å². The standard InChI is InChI=1S/C7H12BrN/c1-2-3-4-5-7(8)6-9/h5-6,9H,2-4H2,1H3/b7-5-,9-6?. The highest BCUT2D eigenvalue weighted by molar-refractivity contribution is 9.12. The van der Waals surface area contributed by atoms with E-state index in [-0.39, 0.29) is 0 Å². The van der Waals surface area contributed by atoms with Gasteiger partial charge in [-0.2, -0.15) is 0 Å². The lowest BCUT2D eigenvalue weighted by Crippen LogP contribution is -1.71. The Morgan fingerprint density at radius 3 is 2.78 bits per heavy atom. The molecule has 0 saturated carbocycles. The van der Waals surface area contributed by atoms with Crippen molar-refractivity contribution in [2.45, 2.75) is 26.2 Å². The molecular weight excluding hydrogens is 178 g/mol. The Morgan fingerprint density at radius 1 is 1.67 bits per heavy atom. The van der Waals surface area contributed by atoms with Crippen molar-refractivity contribution >= 4 is 22.1 Å². The van der Waals surface area contributed by atoms with Gasteiger partial charge in [-0.25, -0.2) is 0 Å². The molecule has 0 aromatic heterocycles. The van der Waals surface area contributed by atoms with Crippen molar-refractivity contribution in [3.8, 4) is 0 Å². The highest BCUT2D eigenvalue weighted by atomic mass is 79.9. The van der Waals surface area contributed by atoms with E-state index in [4.69, 9.17) is 5.41 Å². The van der Waals surface area contributed by atoms with Gasteiger partial charge in [0, 0.05) is 10.7 Å². The molecule has 0 unspecified atom stereocenters. The summed E-state index contributed by atoms with van der Waals surface area (Å²) in [4.78, 5) is 0. The lowest BCUT2D eigenvalue weighted by atomic mass is 10.2. The summed E-state index contributed by atoms with van der Waals surface area (Å²) < 4.78 is 0.885. The van der Waals surface area contributed by atoms with Crippen LogP contribution in [0.15, 0.2) is 10.6 Å². The molecule has 0 aromatic carbocycles. The van der Waals surface area contributed by atoms with E-state index in [1.807, 2.05) is 6.08 Å². The lowest BCUT2D eigenvalue weighted by molar-refractivity contribution is 0.815. The van der Waals surface area contributed by atoms with Crippen LogP contribution in [0.4, 0.5) is 0 Å². The van der Waals surface area contributed by atoms with Gasteiger partial charge in [-0.15, -0.1) is 0 Å². The van der Waals surface area contributed by atoms with Crippen molar-refractivity contribution in [1.29, 1.82) is 5.41 Å². The van der Waals surface area contributed by atoms with E-state index in [0.29, 0.717) is 0 Å².